The molecule has 9 heteroatoms. The minimum Gasteiger partial charge on any atom is -0.369 e. The molecule has 5 nitrogen and oxygen atoms in total. The van der Waals surface area contributed by atoms with Crippen LogP contribution >= 0.6 is 11.6 Å². The second kappa shape index (κ2) is 8.36. The highest BCUT2D eigenvalue weighted by Crippen LogP contribution is 2.35. The molecule has 3 rings (SSSR count). The van der Waals surface area contributed by atoms with Gasteiger partial charge in [0.2, 0.25) is 0 Å². The van der Waals surface area contributed by atoms with Gasteiger partial charge in [-0.15, -0.1) is 0 Å². The number of alkyl halides is 3. The summed E-state index contributed by atoms with van der Waals surface area (Å²) in [6.45, 7) is 8.38. The Morgan fingerprint density at radius 2 is 1.83 bits per heavy atom. The first kappa shape index (κ1) is 21.6. The maximum atomic E-state index is 13.0. The zero-order chi connectivity index (χ0) is 21.3. The topological polar surface area (TPSA) is 41.4 Å². The van der Waals surface area contributed by atoms with Crippen molar-refractivity contribution in [3.8, 4) is 0 Å². The van der Waals surface area contributed by atoms with Crippen molar-refractivity contribution in [1.82, 2.24) is 14.7 Å². The van der Waals surface area contributed by atoms with Crippen LogP contribution in [0.4, 0.5) is 18.9 Å². The third-order valence-corrected chi connectivity index (χ3v) is 5.86. The molecule has 1 aliphatic rings. The lowest BCUT2D eigenvalue weighted by molar-refractivity contribution is -0.141. The summed E-state index contributed by atoms with van der Waals surface area (Å²) >= 11 is 5.81. The van der Waals surface area contributed by atoms with Gasteiger partial charge < -0.3 is 9.69 Å². The van der Waals surface area contributed by atoms with Crippen LogP contribution in [0.3, 0.4) is 0 Å². The van der Waals surface area contributed by atoms with E-state index in [1.54, 1.807) is 0 Å². The molecule has 2 heterocycles. The number of aldehydes is 1. The monoisotopic (exact) mass is 428 g/mol. The second-order valence-electron chi connectivity index (χ2n) is 7.44. The summed E-state index contributed by atoms with van der Waals surface area (Å²) in [5.74, 6) is 0. The first-order valence-corrected chi connectivity index (χ1v) is 9.81. The highest BCUT2D eigenvalue weighted by Gasteiger charge is 2.38. The lowest BCUT2D eigenvalue weighted by Gasteiger charge is -2.39. The molecule has 1 aliphatic heterocycles. The van der Waals surface area contributed by atoms with Crippen LogP contribution in [0.2, 0.25) is 5.02 Å². The SMILES string of the molecule is Cc1ccc(C)c(N2CCN(C(C=O)Cn3nc(C(F)(F)F)c(Cl)c3C)CC2)c1. The van der Waals surface area contributed by atoms with E-state index in [0.29, 0.717) is 13.1 Å². The number of benzene rings is 1. The number of hydrogen-bond acceptors (Lipinski definition) is 4. The molecular weight excluding hydrogens is 405 g/mol. The molecule has 0 N–H and O–H groups in total. The Kier molecular flexibility index (Phi) is 6.24. The molecule has 0 saturated carbocycles. The quantitative estimate of drug-likeness (QED) is 0.678. The molecule has 1 saturated heterocycles. The number of hydrogen-bond donors (Lipinski definition) is 0. The van der Waals surface area contributed by atoms with Crippen LogP contribution in [0.1, 0.15) is 22.5 Å². The Hall–Kier alpha value is -2.06. The van der Waals surface area contributed by atoms with Crippen LogP contribution in [-0.4, -0.2) is 53.2 Å². The molecule has 1 fully saturated rings. The van der Waals surface area contributed by atoms with Gasteiger partial charge >= 0.3 is 6.18 Å². The molecule has 2 aromatic rings. The third kappa shape index (κ3) is 4.59. The fraction of sp³-hybridized carbons (Fsp3) is 0.500. The van der Waals surface area contributed by atoms with Gasteiger partial charge in [-0.05, 0) is 38.0 Å². The highest BCUT2D eigenvalue weighted by molar-refractivity contribution is 6.31. The van der Waals surface area contributed by atoms with Gasteiger partial charge in [0.05, 0.1) is 23.3 Å². The Morgan fingerprint density at radius 1 is 1.17 bits per heavy atom. The summed E-state index contributed by atoms with van der Waals surface area (Å²) in [5, 5.41) is 3.20. The van der Waals surface area contributed by atoms with Gasteiger partial charge in [0, 0.05) is 31.9 Å². The average molecular weight is 429 g/mol. The van der Waals surface area contributed by atoms with Crippen molar-refractivity contribution in [3.05, 3.63) is 45.7 Å². The first-order chi connectivity index (χ1) is 13.6. The largest absolute Gasteiger partial charge is 0.436 e. The number of nitrogens with zero attached hydrogens (tertiary/aromatic N) is 4. The van der Waals surface area contributed by atoms with Crippen molar-refractivity contribution in [2.45, 2.75) is 39.5 Å². The summed E-state index contributed by atoms with van der Waals surface area (Å²) in [7, 11) is 0. The van der Waals surface area contributed by atoms with Crippen molar-refractivity contribution < 1.29 is 18.0 Å². The molecule has 0 bridgehead atoms. The zero-order valence-electron chi connectivity index (χ0n) is 16.6. The van der Waals surface area contributed by atoms with Crippen molar-refractivity contribution in [1.29, 1.82) is 0 Å². The van der Waals surface area contributed by atoms with E-state index in [1.165, 1.54) is 28.4 Å². The minimum atomic E-state index is -4.62. The number of rotatable bonds is 5. The molecular formula is C20H24ClF3N4O. The summed E-state index contributed by atoms with van der Waals surface area (Å²) in [6, 6.07) is 5.75. The highest BCUT2D eigenvalue weighted by atomic mass is 35.5. The van der Waals surface area contributed by atoms with Gasteiger partial charge in [0.25, 0.3) is 0 Å². The summed E-state index contributed by atoms with van der Waals surface area (Å²) in [4.78, 5) is 16.0. The lowest BCUT2D eigenvalue weighted by atomic mass is 10.1. The van der Waals surface area contributed by atoms with E-state index >= 15 is 0 Å². The smallest absolute Gasteiger partial charge is 0.369 e. The molecule has 1 unspecified atom stereocenters. The lowest BCUT2D eigenvalue weighted by Crippen LogP contribution is -2.52. The molecule has 29 heavy (non-hydrogen) atoms. The Balaban J connectivity index is 1.70. The fourth-order valence-electron chi connectivity index (χ4n) is 3.66. The van der Waals surface area contributed by atoms with E-state index in [9.17, 15) is 18.0 Å². The molecule has 1 atom stereocenters. The van der Waals surface area contributed by atoms with E-state index in [4.69, 9.17) is 11.6 Å². The van der Waals surface area contributed by atoms with Crippen molar-refractivity contribution in [3.63, 3.8) is 0 Å². The van der Waals surface area contributed by atoms with Gasteiger partial charge in [-0.1, -0.05) is 23.7 Å². The number of aryl methyl sites for hydroxylation is 2. The number of anilines is 1. The maximum Gasteiger partial charge on any atom is 0.436 e. The van der Waals surface area contributed by atoms with Gasteiger partial charge in [-0.3, -0.25) is 9.58 Å². The first-order valence-electron chi connectivity index (χ1n) is 9.43. The van der Waals surface area contributed by atoms with Crippen LogP contribution in [-0.2, 0) is 17.5 Å². The van der Waals surface area contributed by atoms with Gasteiger partial charge in [-0.2, -0.15) is 18.3 Å². The number of halogens is 4. The predicted molar refractivity (Wildman–Crippen MR) is 107 cm³/mol. The zero-order valence-corrected chi connectivity index (χ0v) is 17.4. The van der Waals surface area contributed by atoms with E-state index in [1.807, 2.05) is 11.8 Å². The van der Waals surface area contributed by atoms with E-state index in [0.717, 1.165) is 19.4 Å². The summed E-state index contributed by atoms with van der Waals surface area (Å²) < 4.78 is 40.3. The number of carbonyl (C=O) groups is 1. The molecule has 0 amide bonds. The predicted octanol–water partition coefficient (Wildman–Crippen LogP) is 3.87. The van der Waals surface area contributed by atoms with E-state index in [-0.39, 0.29) is 12.2 Å². The minimum absolute atomic E-state index is 0.0363. The third-order valence-electron chi connectivity index (χ3n) is 5.41. The van der Waals surface area contributed by atoms with Gasteiger partial charge in [-0.25, -0.2) is 0 Å². The summed E-state index contributed by atoms with van der Waals surface area (Å²) in [6.07, 6.45) is -3.85. The van der Waals surface area contributed by atoms with Crippen LogP contribution in [0.5, 0.6) is 0 Å². The number of carbonyl (C=O) groups excluding carboxylic acids is 1. The molecule has 0 radical (unpaired) electrons. The molecule has 0 aliphatic carbocycles. The normalized spacial score (nSPS) is 16.9. The molecule has 0 spiro atoms. The number of piperazine rings is 1. The second-order valence-corrected chi connectivity index (χ2v) is 7.82. The summed E-state index contributed by atoms with van der Waals surface area (Å²) in [5.41, 5.74) is 2.65. The van der Waals surface area contributed by atoms with Crippen molar-refractivity contribution in [2.75, 3.05) is 31.1 Å². The molecule has 158 valence electrons. The standard InChI is InChI=1S/C20H24ClF3N4O/c1-13-4-5-14(2)17(10-13)27-8-6-26(7-9-27)16(12-29)11-28-15(3)18(21)19(25-28)20(22,23)24/h4-5,10,12,16H,6-9,11H2,1-3H3. The van der Waals surface area contributed by atoms with Crippen LogP contribution in [0.25, 0.3) is 0 Å². The Labute approximate surface area is 173 Å². The van der Waals surface area contributed by atoms with Crippen LogP contribution in [0.15, 0.2) is 18.2 Å². The van der Waals surface area contributed by atoms with Crippen molar-refractivity contribution in [2.24, 2.45) is 0 Å². The Bertz CT molecular complexity index is 889. The van der Waals surface area contributed by atoms with Crippen molar-refractivity contribution >= 4 is 23.6 Å². The van der Waals surface area contributed by atoms with E-state index < -0.39 is 22.9 Å². The van der Waals surface area contributed by atoms with Gasteiger partial charge in [0.1, 0.15) is 6.29 Å². The number of aromatic nitrogens is 2. The van der Waals surface area contributed by atoms with Crippen LogP contribution in [0, 0.1) is 20.8 Å². The van der Waals surface area contributed by atoms with Gasteiger partial charge in [0.15, 0.2) is 5.69 Å². The maximum absolute atomic E-state index is 13.0. The van der Waals surface area contributed by atoms with E-state index in [2.05, 4.69) is 35.1 Å². The van der Waals surface area contributed by atoms with Crippen LogP contribution < -0.4 is 4.90 Å². The molecule has 1 aromatic heterocycles. The fourth-order valence-corrected chi connectivity index (χ4v) is 3.90. The Morgan fingerprint density at radius 3 is 2.38 bits per heavy atom. The average Bonchev–Trinajstić information content (AvgIpc) is 2.96. The molecule has 1 aromatic carbocycles.